The Morgan fingerprint density at radius 2 is 2.50 bits per heavy atom. The summed E-state index contributed by atoms with van der Waals surface area (Å²) in [7, 11) is 2.03. The lowest BCUT2D eigenvalue weighted by Crippen LogP contribution is -2.18. The molecular formula is C12H17BBrN3O. The van der Waals surface area contributed by atoms with Gasteiger partial charge in [0.05, 0.1) is 5.70 Å². The highest BCUT2D eigenvalue weighted by atomic mass is 79.9. The fourth-order valence-electron chi connectivity index (χ4n) is 1.60. The third kappa shape index (κ3) is 4.53. The van der Waals surface area contributed by atoms with Crippen LogP contribution >= 0.6 is 15.9 Å². The molecule has 1 aliphatic heterocycles. The van der Waals surface area contributed by atoms with Crippen molar-refractivity contribution in [2.75, 3.05) is 0 Å². The normalized spacial score (nSPS) is 18.6. The van der Waals surface area contributed by atoms with Gasteiger partial charge in [-0.05, 0) is 18.8 Å². The molecule has 4 nitrogen and oxygen atoms in total. The fraction of sp³-hybridized carbons (Fsp3) is 0.333. The van der Waals surface area contributed by atoms with Crippen molar-refractivity contribution in [1.29, 1.82) is 0 Å². The Morgan fingerprint density at radius 1 is 1.72 bits per heavy atom. The van der Waals surface area contributed by atoms with Crippen molar-refractivity contribution in [3.63, 3.8) is 0 Å². The van der Waals surface area contributed by atoms with Gasteiger partial charge in [-0.15, -0.1) is 0 Å². The van der Waals surface area contributed by atoms with Crippen LogP contribution in [-0.2, 0) is 4.79 Å². The molecule has 0 fully saturated rings. The number of allylic oxidation sites excluding steroid dienone is 4. The molecule has 0 aromatic rings. The molecule has 0 radical (unpaired) electrons. The second kappa shape index (κ2) is 7.92. The Labute approximate surface area is 117 Å². The maximum atomic E-state index is 10.5. The van der Waals surface area contributed by atoms with Crippen molar-refractivity contribution in [2.45, 2.75) is 26.1 Å². The van der Waals surface area contributed by atoms with Crippen LogP contribution in [0, 0.1) is 0 Å². The Hall–Kier alpha value is -1.30. The van der Waals surface area contributed by atoms with Crippen molar-refractivity contribution in [3.8, 4) is 0 Å². The fourth-order valence-corrected chi connectivity index (χ4v) is 1.89. The van der Waals surface area contributed by atoms with E-state index in [9.17, 15) is 4.79 Å². The number of halogens is 1. The summed E-state index contributed by atoms with van der Waals surface area (Å²) in [6.07, 6.45) is 8.79. The number of aliphatic imine (C=N–C) groups is 1. The molecule has 0 bridgehead atoms. The van der Waals surface area contributed by atoms with Crippen LogP contribution in [0.15, 0.2) is 39.2 Å². The number of rotatable bonds is 5. The van der Waals surface area contributed by atoms with Gasteiger partial charge in [-0.2, -0.15) is 0 Å². The molecule has 0 aromatic heterocycles. The Kier molecular flexibility index (Phi) is 6.50. The monoisotopic (exact) mass is 309 g/mol. The molecule has 0 atom stereocenters. The van der Waals surface area contributed by atoms with Gasteiger partial charge in [-0.3, -0.25) is 4.79 Å². The summed E-state index contributed by atoms with van der Waals surface area (Å²) in [5.74, 6) is 0.871. The highest BCUT2D eigenvalue weighted by molar-refractivity contribution is 9.11. The van der Waals surface area contributed by atoms with E-state index in [0.717, 1.165) is 40.9 Å². The standard InChI is InChI=1S/C12H17BBrN3O/c1-2-10(16-8-18)11(7-13)17-12-4-3-9(14)5-6-15-12/h3,5-6,8H,2,4,7,13H2,1H3,(H,15,17)(H,16,18)/b11-10-. The molecule has 0 aliphatic carbocycles. The van der Waals surface area contributed by atoms with E-state index in [2.05, 4.69) is 31.6 Å². The van der Waals surface area contributed by atoms with E-state index in [1.807, 2.05) is 33.1 Å². The zero-order chi connectivity index (χ0) is 13.4. The number of carbonyl (C=O) groups is 1. The van der Waals surface area contributed by atoms with E-state index >= 15 is 0 Å². The highest BCUT2D eigenvalue weighted by Gasteiger charge is 2.05. The molecule has 0 unspecified atom stereocenters. The number of nitrogens with zero attached hydrogens (tertiary/aromatic N) is 1. The number of nitrogens with one attached hydrogen (secondary N) is 2. The number of amidine groups is 1. The van der Waals surface area contributed by atoms with Crippen LogP contribution in [0.4, 0.5) is 0 Å². The zero-order valence-electron chi connectivity index (χ0n) is 10.7. The van der Waals surface area contributed by atoms with Crippen molar-refractivity contribution in [3.05, 3.63) is 34.2 Å². The van der Waals surface area contributed by atoms with Gasteiger partial charge < -0.3 is 10.6 Å². The quantitative estimate of drug-likeness (QED) is 0.598. The van der Waals surface area contributed by atoms with Gasteiger partial charge in [0, 0.05) is 22.8 Å². The summed E-state index contributed by atoms with van der Waals surface area (Å²) in [5, 5.41) is 5.85. The minimum absolute atomic E-state index is 0.700. The molecule has 6 heteroatoms. The lowest BCUT2D eigenvalue weighted by Gasteiger charge is -2.10. The molecular weight excluding hydrogens is 293 g/mol. The maximum Gasteiger partial charge on any atom is 0.211 e. The summed E-state index contributed by atoms with van der Waals surface area (Å²) >= 11 is 3.43. The van der Waals surface area contributed by atoms with E-state index in [0.29, 0.717) is 6.41 Å². The van der Waals surface area contributed by atoms with Crippen LogP contribution in [0.5, 0.6) is 0 Å². The molecule has 0 saturated carbocycles. The summed E-state index contributed by atoms with van der Waals surface area (Å²) in [4.78, 5) is 15.1. The molecule has 0 saturated heterocycles. The summed E-state index contributed by atoms with van der Waals surface area (Å²) in [6.45, 7) is 2.00. The number of carbonyl (C=O) groups excluding carboxylic acids is 1. The van der Waals surface area contributed by atoms with Crippen LogP contribution in [-0.4, -0.2) is 20.1 Å². The molecule has 1 aliphatic rings. The van der Waals surface area contributed by atoms with Crippen LogP contribution in [0.2, 0.25) is 6.32 Å². The maximum absolute atomic E-state index is 10.5. The van der Waals surface area contributed by atoms with E-state index in [4.69, 9.17) is 0 Å². The SMILES string of the molecule is BCC(/N=C1/CC=C(Br)C=CN1)=C(\CC)NC=O. The largest absolute Gasteiger partial charge is 0.350 e. The lowest BCUT2D eigenvalue weighted by molar-refractivity contribution is -0.109. The molecule has 1 rings (SSSR count). The highest BCUT2D eigenvalue weighted by Crippen LogP contribution is 2.14. The first-order valence-electron chi connectivity index (χ1n) is 5.99. The molecule has 0 aromatic carbocycles. The topological polar surface area (TPSA) is 53.5 Å². The zero-order valence-corrected chi connectivity index (χ0v) is 12.3. The van der Waals surface area contributed by atoms with Gasteiger partial charge in [0.2, 0.25) is 6.41 Å². The average molecular weight is 310 g/mol. The molecule has 1 amide bonds. The summed E-state index contributed by atoms with van der Waals surface area (Å²) in [6, 6.07) is 0. The molecule has 1 heterocycles. The minimum atomic E-state index is 0.700. The number of hydrogen-bond acceptors (Lipinski definition) is 2. The van der Waals surface area contributed by atoms with Gasteiger partial charge in [0.15, 0.2) is 0 Å². The van der Waals surface area contributed by atoms with Gasteiger partial charge in [-0.1, -0.05) is 28.9 Å². The van der Waals surface area contributed by atoms with Crippen LogP contribution in [0.1, 0.15) is 19.8 Å². The van der Waals surface area contributed by atoms with Crippen molar-refractivity contribution >= 4 is 36.0 Å². The summed E-state index contributed by atoms with van der Waals surface area (Å²) < 4.78 is 1.03. The third-order valence-corrected chi connectivity index (χ3v) is 3.11. The van der Waals surface area contributed by atoms with Crippen molar-refractivity contribution in [1.82, 2.24) is 10.6 Å². The van der Waals surface area contributed by atoms with E-state index in [1.54, 1.807) is 0 Å². The van der Waals surface area contributed by atoms with Crippen LogP contribution in [0.25, 0.3) is 0 Å². The van der Waals surface area contributed by atoms with E-state index in [-0.39, 0.29) is 0 Å². The van der Waals surface area contributed by atoms with Gasteiger partial charge in [0.1, 0.15) is 13.7 Å². The van der Waals surface area contributed by atoms with Crippen molar-refractivity contribution < 1.29 is 4.79 Å². The number of hydrogen-bond donors (Lipinski definition) is 2. The predicted molar refractivity (Wildman–Crippen MR) is 81.2 cm³/mol. The van der Waals surface area contributed by atoms with Crippen LogP contribution < -0.4 is 10.6 Å². The minimum Gasteiger partial charge on any atom is -0.350 e. The molecule has 18 heavy (non-hydrogen) atoms. The Balaban J connectivity index is 2.96. The second-order valence-electron chi connectivity index (χ2n) is 3.72. The van der Waals surface area contributed by atoms with Gasteiger partial charge >= 0.3 is 0 Å². The molecule has 0 spiro atoms. The van der Waals surface area contributed by atoms with Crippen LogP contribution in [0.3, 0.4) is 0 Å². The number of amides is 1. The second-order valence-corrected chi connectivity index (χ2v) is 4.64. The predicted octanol–water partition coefficient (Wildman–Crippen LogP) is 1.59. The van der Waals surface area contributed by atoms with E-state index in [1.165, 1.54) is 0 Å². The summed E-state index contributed by atoms with van der Waals surface area (Å²) in [5.41, 5.74) is 1.78. The first-order valence-corrected chi connectivity index (χ1v) is 6.79. The molecule has 96 valence electrons. The van der Waals surface area contributed by atoms with Gasteiger partial charge in [-0.25, -0.2) is 4.99 Å². The van der Waals surface area contributed by atoms with Crippen molar-refractivity contribution in [2.24, 2.45) is 4.99 Å². The third-order valence-electron chi connectivity index (χ3n) is 2.52. The Bertz CT molecular complexity index is 427. The van der Waals surface area contributed by atoms with E-state index < -0.39 is 0 Å². The lowest BCUT2D eigenvalue weighted by atomic mass is 10.00. The average Bonchev–Trinajstić information content (AvgIpc) is 2.58. The first-order chi connectivity index (χ1) is 8.71. The molecule has 2 N–H and O–H groups in total. The smallest absolute Gasteiger partial charge is 0.211 e. The first kappa shape index (κ1) is 14.8. The Morgan fingerprint density at radius 3 is 3.11 bits per heavy atom. The van der Waals surface area contributed by atoms with Gasteiger partial charge in [0.25, 0.3) is 0 Å².